The summed E-state index contributed by atoms with van der Waals surface area (Å²) in [6.45, 7) is 3.23. The first kappa shape index (κ1) is 15.0. The van der Waals surface area contributed by atoms with Gasteiger partial charge in [-0.15, -0.1) is 0 Å². The van der Waals surface area contributed by atoms with Crippen molar-refractivity contribution >= 4 is 23.2 Å². The summed E-state index contributed by atoms with van der Waals surface area (Å²) in [6.07, 6.45) is 0. The first-order chi connectivity index (χ1) is 10.9. The lowest BCUT2D eigenvalue weighted by atomic mass is 9.81. The number of carboxylic acid groups (broad SMARTS) is 1. The van der Waals surface area contributed by atoms with Crippen molar-refractivity contribution in [3.05, 3.63) is 64.2 Å². The highest BCUT2D eigenvalue weighted by Crippen LogP contribution is 2.32. The lowest BCUT2D eigenvalue weighted by molar-refractivity contribution is -0.137. The predicted octanol–water partition coefficient (Wildman–Crippen LogP) is 2.66. The minimum absolute atomic E-state index is 0.184. The van der Waals surface area contributed by atoms with Crippen LogP contribution in [0.25, 0.3) is 0 Å². The average Bonchev–Trinajstić information content (AvgIpc) is 2.54. The minimum atomic E-state index is -0.991. The molecule has 0 heterocycles. The lowest BCUT2D eigenvalue weighted by Crippen LogP contribution is -2.27. The van der Waals surface area contributed by atoms with Gasteiger partial charge >= 0.3 is 5.97 Å². The van der Waals surface area contributed by atoms with Crippen molar-refractivity contribution in [1.29, 1.82) is 0 Å². The second-order valence-electron chi connectivity index (χ2n) is 5.57. The van der Waals surface area contributed by atoms with Gasteiger partial charge in [-0.2, -0.15) is 0 Å². The van der Waals surface area contributed by atoms with E-state index in [2.05, 4.69) is 5.32 Å². The molecule has 0 aromatic heterocycles. The van der Waals surface area contributed by atoms with Crippen molar-refractivity contribution in [1.82, 2.24) is 0 Å². The van der Waals surface area contributed by atoms with Gasteiger partial charge in [0.05, 0.1) is 0 Å². The van der Waals surface area contributed by atoms with Gasteiger partial charge in [-0.25, -0.2) is 0 Å². The van der Waals surface area contributed by atoms with Crippen LogP contribution in [0.3, 0.4) is 0 Å². The summed E-state index contributed by atoms with van der Waals surface area (Å²) in [5.41, 5.74) is 2.62. The number of hydrogen-bond donors (Lipinski definition) is 2. The predicted molar refractivity (Wildman–Crippen MR) is 85.2 cm³/mol. The molecule has 0 saturated heterocycles. The number of anilines is 1. The summed E-state index contributed by atoms with van der Waals surface area (Å²) < 4.78 is 0. The summed E-state index contributed by atoms with van der Waals surface area (Å²) in [6, 6.07) is 9.16. The zero-order valence-corrected chi connectivity index (χ0v) is 12.7. The Balaban J connectivity index is 2.13. The third-order valence-electron chi connectivity index (χ3n) is 4.10. The quantitative estimate of drug-likeness (QED) is 0.777. The van der Waals surface area contributed by atoms with E-state index in [1.54, 1.807) is 43.3 Å². The largest absolute Gasteiger partial charge is 0.480 e. The van der Waals surface area contributed by atoms with Crippen LogP contribution in [0.4, 0.5) is 5.69 Å². The standard InChI is InChI=1S/C18H15NO4/c1-9-14(19-10(2)18(22)23)8-7-13-15(9)17(21)12-6-4-3-5-11(12)16(13)20/h3-8,10,19H,1-2H3,(H,22,23)/t10-/m0/s1. The third-order valence-corrected chi connectivity index (χ3v) is 4.10. The Bertz CT molecular complexity index is 854. The van der Waals surface area contributed by atoms with E-state index in [-0.39, 0.29) is 11.6 Å². The van der Waals surface area contributed by atoms with Crippen LogP contribution < -0.4 is 5.32 Å². The highest BCUT2D eigenvalue weighted by molar-refractivity contribution is 6.29. The van der Waals surface area contributed by atoms with Crippen LogP contribution in [-0.2, 0) is 4.79 Å². The van der Waals surface area contributed by atoms with Crippen molar-refractivity contribution in [2.75, 3.05) is 5.32 Å². The van der Waals surface area contributed by atoms with Crippen LogP contribution in [0.2, 0.25) is 0 Å². The van der Waals surface area contributed by atoms with Gasteiger partial charge in [-0.3, -0.25) is 14.4 Å². The second kappa shape index (κ2) is 5.35. The van der Waals surface area contributed by atoms with E-state index >= 15 is 0 Å². The zero-order valence-electron chi connectivity index (χ0n) is 12.7. The smallest absolute Gasteiger partial charge is 0.325 e. The Hall–Kier alpha value is -2.95. The van der Waals surface area contributed by atoms with Gasteiger partial charge in [-0.05, 0) is 31.5 Å². The summed E-state index contributed by atoms with van der Waals surface area (Å²) in [5.74, 6) is -1.38. The van der Waals surface area contributed by atoms with Crippen LogP contribution in [0.15, 0.2) is 36.4 Å². The van der Waals surface area contributed by atoms with E-state index < -0.39 is 12.0 Å². The molecule has 5 heteroatoms. The maximum atomic E-state index is 12.7. The normalized spacial score (nSPS) is 14.0. The van der Waals surface area contributed by atoms with Gasteiger partial charge < -0.3 is 10.4 Å². The summed E-state index contributed by atoms with van der Waals surface area (Å²) in [4.78, 5) is 36.3. The van der Waals surface area contributed by atoms with E-state index in [0.717, 1.165) is 0 Å². The number of benzene rings is 2. The van der Waals surface area contributed by atoms with E-state index in [4.69, 9.17) is 5.11 Å². The maximum absolute atomic E-state index is 12.7. The fourth-order valence-electron chi connectivity index (χ4n) is 2.80. The van der Waals surface area contributed by atoms with Crippen molar-refractivity contribution in [2.45, 2.75) is 19.9 Å². The van der Waals surface area contributed by atoms with Crippen LogP contribution in [0.5, 0.6) is 0 Å². The molecule has 116 valence electrons. The topological polar surface area (TPSA) is 83.5 Å². The molecule has 0 aliphatic heterocycles. The molecule has 1 aliphatic rings. The molecular weight excluding hydrogens is 294 g/mol. The number of hydrogen-bond acceptors (Lipinski definition) is 4. The fourth-order valence-corrected chi connectivity index (χ4v) is 2.80. The number of nitrogens with one attached hydrogen (secondary N) is 1. The van der Waals surface area contributed by atoms with Crippen molar-refractivity contribution in [3.8, 4) is 0 Å². The molecular formula is C18H15NO4. The number of rotatable bonds is 3. The molecule has 0 unspecified atom stereocenters. The highest BCUT2D eigenvalue weighted by atomic mass is 16.4. The zero-order chi connectivity index (χ0) is 16.7. The van der Waals surface area contributed by atoms with Gasteiger partial charge in [0.1, 0.15) is 6.04 Å². The molecule has 1 aliphatic carbocycles. The molecule has 0 fully saturated rings. The molecule has 0 spiro atoms. The molecule has 23 heavy (non-hydrogen) atoms. The van der Waals surface area contributed by atoms with E-state index in [1.807, 2.05) is 0 Å². The first-order valence-electron chi connectivity index (χ1n) is 7.23. The van der Waals surface area contributed by atoms with Gasteiger partial charge in [0.15, 0.2) is 11.6 Å². The Morgan fingerprint density at radius 2 is 1.61 bits per heavy atom. The second-order valence-corrected chi connectivity index (χ2v) is 5.57. The molecule has 0 radical (unpaired) electrons. The Morgan fingerprint density at radius 1 is 1.00 bits per heavy atom. The number of aliphatic carboxylic acids is 1. The molecule has 2 aromatic carbocycles. The van der Waals surface area contributed by atoms with Crippen LogP contribution in [0.1, 0.15) is 44.3 Å². The fraction of sp³-hybridized carbons (Fsp3) is 0.167. The summed E-state index contributed by atoms with van der Waals surface area (Å²) >= 11 is 0. The Morgan fingerprint density at radius 3 is 2.22 bits per heavy atom. The van der Waals surface area contributed by atoms with Gasteiger partial charge in [0.25, 0.3) is 0 Å². The van der Waals surface area contributed by atoms with E-state index in [1.165, 1.54) is 6.92 Å². The summed E-state index contributed by atoms with van der Waals surface area (Å²) in [7, 11) is 0. The molecule has 0 saturated carbocycles. The molecule has 5 nitrogen and oxygen atoms in total. The molecule has 2 aromatic rings. The SMILES string of the molecule is Cc1c(N[C@@H](C)C(=O)O)ccc2c1C(=O)c1ccccc1C2=O. The van der Waals surface area contributed by atoms with Crippen LogP contribution in [-0.4, -0.2) is 28.7 Å². The van der Waals surface area contributed by atoms with Crippen molar-refractivity contribution in [3.63, 3.8) is 0 Å². The number of carboxylic acids is 1. The van der Waals surface area contributed by atoms with Crippen molar-refractivity contribution in [2.24, 2.45) is 0 Å². The Kier molecular flexibility index (Phi) is 3.48. The molecule has 3 rings (SSSR count). The molecule has 0 bridgehead atoms. The van der Waals surface area contributed by atoms with Crippen LogP contribution >= 0.6 is 0 Å². The van der Waals surface area contributed by atoms with Gasteiger partial charge in [0, 0.05) is 27.9 Å². The molecule has 2 N–H and O–H groups in total. The highest BCUT2D eigenvalue weighted by Gasteiger charge is 2.31. The third kappa shape index (κ3) is 2.30. The summed E-state index contributed by atoms with van der Waals surface area (Å²) in [5, 5.41) is 11.9. The lowest BCUT2D eigenvalue weighted by Gasteiger charge is -2.22. The van der Waals surface area contributed by atoms with E-state index in [9.17, 15) is 14.4 Å². The molecule has 1 atom stereocenters. The first-order valence-corrected chi connectivity index (χ1v) is 7.23. The van der Waals surface area contributed by atoms with Gasteiger partial charge in [-0.1, -0.05) is 24.3 Å². The molecule has 0 amide bonds. The monoisotopic (exact) mass is 309 g/mol. The van der Waals surface area contributed by atoms with Crippen LogP contribution in [0, 0.1) is 6.92 Å². The minimum Gasteiger partial charge on any atom is -0.480 e. The number of fused-ring (bicyclic) bond motifs is 2. The van der Waals surface area contributed by atoms with Gasteiger partial charge in [0.2, 0.25) is 0 Å². The number of ketones is 2. The number of carbonyl (C=O) groups excluding carboxylic acids is 2. The average molecular weight is 309 g/mol. The van der Waals surface area contributed by atoms with E-state index in [0.29, 0.717) is 33.5 Å². The van der Waals surface area contributed by atoms with Crippen molar-refractivity contribution < 1.29 is 19.5 Å². The number of carbonyl (C=O) groups is 3. The Labute approximate surface area is 133 Å². The maximum Gasteiger partial charge on any atom is 0.325 e.